The first-order valence-electron chi connectivity index (χ1n) is 7.63. The van der Waals surface area contributed by atoms with Gasteiger partial charge < -0.3 is 9.64 Å². The van der Waals surface area contributed by atoms with E-state index in [1.165, 1.54) is 37.9 Å². The lowest BCUT2D eigenvalue weighted by molar-refractivity contribution is 0.0526. The summed E-state index contributed by atoms with van der Waals surface area (Å²) < 4.78 is 4.99. The predicted octanol–water partition coefficient (Wildman–Crippen LogP) is 3.14. The minimum Gasteiger partial charge on any atom is -0.462 e. The zero-order valence-electron chi connectivity index (χ0n) is 12.6. The van der Waals surface area contributed by atoms with E-state index in [0.29, 0.717) is 12.2 Å². The van der Waals surface area contributed by atoms with Crippen LogP contribution >= 0.6 is 0 Å². The highest BCUT2D eigenvalue weighted by molar-refractivity contribution is 5.89. The van der Waals surface area contributed by atoms with Crippen LogP contribution < -0.4 is 0 Å². The number of hydrogen-bond acceptors (Lipinski definition) is 3. The van der Waals surface area contributed by atoms with Crippen LogP contribution in [0, 0.1) is 5.92 Å². The number of carbonyl (C=O) groups is 1. The van der Waals surface area contributed by atoms with E-state index in [4.69, 9.17) is 4.74 Å². The summed E-state index contributed by atoms with van der Waals surface area (Å²) in [5.41, 5.74) is 1.96. The standard InChI is InChI=1S/C17H25NO2/c1-3-20-17(19)16-8-6-14(7-9-16)4-5-15-10-12-18(2)13-11-15/h6-9,15H,3-5,10-13H2,1-2H3. The fraction of sp³-hybridized carbons (Fsp3) is 0.588. The zero-order valence-corrected chi connectivity index (χ0v) is 12.6. The van der Waals surface area contributed by atoms with Crippen molar-refractivity contribution in [1.29, 1.82) is 0 Å². The highest BCUT2D eigenvalue weighted by Gasteiger charge is 2.16. The summed E-state index contributed by atoms with van der Waals surface area (Å²) in [6.07, 6.45) is 5.00. The van der Waals surface area contributed by atoms with Crippen molar-refractivity contribution in [1.82, 2.24) is 4.90 Å². The van der Waals surface area contributed by atoms with Crippen LogP contribution in [0.1, 0.15) is 42.1 Å². The summed E-state index contributed by atoms with van der Waals surface area (Å²) in [4.78, 5) is 14.0. The van der Waals surface area contributed by atoms with Gasteiger partial charge in [-0.05, 0) is 76.4 Å². The molecular formula is C17H25NO2. The Bertz CT molecular complexity index is 419. The van der Waals surface area contributed by atoms with Gasteiger partial charge in [0.25, 0.3) is 0 Å². The van der Waals surface area contributed by atoms with E-state index < -0.39 is 0 Å². The molecular weight excluding hydrogens is 250 g/mol. The molecule has 0 unspecified atom stereocenters. The Hall–Kier alpha value is -1.35. The fourth-order valence-electron chi connectivity index (χ4n) is 2.74. The molecule has 1 aromatic carbocycles. The van der Waals surface area contributed by atoms with E-state index in [1.54, 1.807) is 0 Å². The molecule has 1 aliphatic heterocycles. The van der Waals surface area contributed by atoms with Crippen LogP contribution in [0.3, 0.4) is 0 Å². The van der Waals surface area contributed by atoms with Gasteiger partial charge in [0, 0.05) is 0 Å². The van der Waals surface area contributed by atoms with E-state index in [2.05, 4.69) is 24.1 Å². The normalized spacial score (nSPS) is 17.1. The Balaban J connectivity index is 1.80. The number of piperidine rings is 1. The maximum absolute atomic E-state index is 11.6. The minimum absolute atomic E-state index is 0.227. The van der Waals surface area contributed by atoms with Crippen LogP contribution in [0.4, 0.5) is 0 Å². The Morgan fingerprint density at radius 1 is 1.25 bits per heavy atom. The number of nitrogens with zero attached hydrogens (tertiary/aromatic N) is 1. The van der Waals surface area contributed by atoms with Gasteiger partial charge in [0.15, 0.2) is 0 Å². The number of esters is 1. The van der Waals surface area contributed by atoms with Crippen LogP contribution in [0.5, 0.6) is 0 Å². The van der Waals surface area contributed by atoms with Gasteiger partial charge in [-0.15, -0.1) is 0 Å². The van der Waals surface area contributed by atoms with Crippen molar-refractivity contribution in [2.75, 3.05) is 26.7 Å². The Morgan fingerprint density at radius 3 is 2.50 bits per heavy atom. The summed E-state index contributed by atoms with van der Waals surface area (Å²) in [5, 5.41) is 0. The second kappa shape index (κ2) is 7.44. The van der Waals surface area contributed by atoms with Crippen molar-refractivity contribution < 1.29 is 9.53 Å². The van der Waals surface area contributed by atoms with E-state index in [1.807, 2.05) is 19.1 Å². The molecule has 1 aliphatic rings. The van der Waals surface area contributed by atoms with E-state index >= 15 is 0 Å². The third-order valence-corrected chi connectivity index (χ3v) is 4.14. The summed E-state index contributed by atoms with van der Waals surface area (Å²) >= 11 is 0. The third kappa shape index (κ3) is 4.34. The van der Waals surface area contributed by atoms with Gasteiger partial charge in [0.2, 0.25) is 0 Å². The summed E-state index contributed by atoms with van der Waals surface area (Å²) in [6.45, 7) is 4.71. The van der Waals surface area contributed by atoms with Crippen molar-refractivity contribution in [3.63, 3.8) is 0 Å². The van der Waals surface area contributed by atoms with Gasteiger partial charge in [0.1, 0.15) is 0 Å². The maximum atomic E-state index is 11.6. The van der Waals surface area contributed by atoms with E-state index in [-0.39, 0.29) is 5.97 Å². The molecule has 1 fully saturated rings. The van der Waals surface area contributed by atoms with Crippen LogP contribution in [-0.2, 0) is 11.2 Å². The Morgan fingerprint density at radius 2 is 1.90 bits per heavy atom. The first-order chi connectivity index (χ1) is 9.69. The molecule has 110 valence electrons. The molecule has 2 rings (SSSR count). The van der Waals surface area contributed by atoms with Crippen LogP contribution in [0.25, 0.3) is 0 Å². The highest BCUT2D eigenvalue weighted by atomic mass is 16.5. The summed E-state index contributed by atoms with van der Waals surface area (Å²) in [7, 11) is 2.20. The van der Waals surface area contributed by atoms with Crippen molar-refractivity contribution in [3.05, 3.63) is 35.4 Å². The Labute approximate surface area is 121 Å². The molecule has 1 saturated heterocycles. The molecule has 3 nitrogen and oxygen atoms in total. The average molecular weight is 275 g/mol. The van der Waals surface area contributed by atoms with Gasteiger partial charge in [0.05, 0.1) is 12.2 Å². The average Bonchev–Trinajstić information content (AvgIpc) is 2.47. The first-order valence-corrected chi connectivity index (χ1v) is 7.63. The lowest BCUT2D eigenvalue weighted by Gasteiger charge is -2.28. The predicted molar refractivity (Wildman–Crippen MR) is 80.9 cm³/mol. The zero-order chi connectivity index (χ0) is 14.4. The molecule has 20 heavy (non-hydrogen) atoms. The van der Waals surface area contributed by atoms with E-state index in [0.717, 1.165) is 12.3 Å². The van der Waals surface area contributed by atoms with Crippen LogP contribution in [0.15, 0.2) is 24.3 Å². The van der Waals surface area contributed by atoms with Crippen molar-refractivity contribution in [2.45, 2.75) is 32.6 Å². The topological polar surface area (TPSA) is 29.5 Å². The van der Waals surface area contributed by atoms with Crippen molar-refractivity contribution in [3.8, 4) is 0 Å². The molecule has 0 aromatic heterocycles. The lowest BCUT2D eigenvalue weighted by Crippen LogP contribution is -2.30. The number of carbonyl (C=O) groups excluding carboxylic acids is 1. The molecule has 0 spiro atoms. The molecule has 0 amide bonds. The molecule has 0 aliphatic carbocycles. The quantitative estimate of drug-likeness (QED) is 0.773. The molecule has 1 heterocycles. The van der Waals surface area contributed by atoms with Gasteiger partial charge >= 0.3 is 5.97 Å². The number of ether oxygens (including phenoxy) is 1. The van der Waals surface area contributed by atoms with Crippen molar-refractivity contribution >= 4 is 5.97 Å². The highest BCUT2D eigenvalue weighted by Crippen LogP contribution is 2.21. The molecule has 0 radical (unpaired) electrons. The lowest BCUT2D eigenvalue weighted by atomic mass is 9.90. The van der Waals surface area contributed by atoms with Crippen LogP contribution in [0.2, 0.25) is 0 Å². The van der Waals surface area contributed by atoms with Gasteiger partial charge in [-0.25, -0.2) is 4.79 Å². The van der Waals surface area contributed by atoms with Gasteiger partial charge in [-0.2, -0.15) is 0 Å². The SMILES string of the molecule is CCOC(=O)c1ccc(CCC2CCN(C)CC2)cc1. The maximum Gasteiger partial charge on any atom is 0.338 e. The fourth-order valence-corrected chi connectivity index (χ4v) is 2.74. The summed E-state index contributed by atoms with van der Waals surface area (Å²) in [6, 6.07) is 7.87. The number of benzene rings is 1. The molecule has 1 aromatic rings. The number of hydrogen-bond donors (Lipinski definition) is 0. The van der Waals surface area contributed by atoms with Gasteiger partial charge in [-0.3, -0.25) is 0 Å². The largest absolute Gasteiger partial charge is 0.462 e. The molecule has 3 heteroatoms. The number of rotatable bonds is 5. The minimum atomic E-state index is -0.227. The molecule has 0 atom stereocenters. The van der Waals surface area contributed by atoms with Gasteiger partial charge in [-0.1, -0.05) is 12.1 Å². The van der Waals surface area contributed by atoms with E-state index in [9.17, 15) is 4.79 Å². The summed E-state index contributed by atoms with van der Waals surface area (Å²) in [5.74, 6) is 0.630. The molecule has 0 bridgehead atoms. The van der Waals surface area contributed by atoms with Crippen LogP contribution in [-0.4, -0.2) is 37.6 Å². The number of likely N-dealkylation sites (tertiary alicyclic amines) is 1. The second-order valence-electron chi connectivity index (χ2n) is 5.70. The Kier molecular flexibility index (Phi) is 5.60. The molecule has 0 N–H and O–H groups in total. The third-order valence-electron chi connectivity index (χ3n) is 4.14. The number of aryl methyl sites for hydroxylation is 1. The monoisotopic (exact) mass is 275 g/mol. The smallest absolute Gasteiger partial charge is 0.338 e. The second-order valence-corrected chi connectivity index (χ2v) is 5.70. The first kappa shape index (κ1) is 15.0. The molecule has 0 saturated carbocycles. The van der Waals surface area contributed by atoms with Crippen molar-refractivity contribution in [2.24, 2.45) is 5.92 Å².